The van der Waals surface area contributed by atoms with Gasteiger partial charge in [0.25, 0.3) is 0 Å². The molecular weight excluding hydrogens is 246 g/mol. The SMILES string of the molecule is CCOC1CCCN(C(=O)C(C)Br)C1. The molecule has 1 heterocycles. The van der Waals surface area contributed by atoms with Crippen molar-refractivity contribution >= 4 is 21.8 Å². The van der Waals surface area contributed by atoms with Gasteiger partial charge in [0.15, 0.2) is 0 Å². The van der Waals surface area contributed by atoms with Gasteiger partial charge in [0.05, 0.1) is 10.9 Å². The molecule has 1 amide bonds. The summed E-state index contributed by atoms with van der Waals surface area (Å²) in [4.78, 5) is 13.5. The van der Waals surface area contributed by atoms with E-state index in [-0.39, 0.29) is 16.8 Å². The minimum absolute atomic E-state index is 0.0807. The molecular formula is C10H18BrNO2. The van der Waals surface area contributed by atoms with Crippen molar-refractivity contribution in [1.29, 1.82) is 0 Å². The van der Waals surface area contributed by atoms with E-state index in [1.807, 2.05) is 18.7 Å². The van der Waals surface area contributed by atoms with Crippen LogP contribution in [-0.4, -0.2) is 41.4 Å². The molecule has 0 saturated carbocycles. The highest BCUT2D eigenvalue weighted by Gasteiger charge is 2.25. The lowest BCUT2D eigenvalue weighted by atomic mass is 10.1. The monoisotopic (exact) mass is 263 g/mol. The van der Waals surface area contributed by atoms with Crippen LogP contribution in [0.3, 0.4) is 0 Å². The van der Waals surface area contributed by atoms with Gasteiger partial charge in [-0.3, -0.25) is 4.79 Å². The molecule has 0 aromatic rings. The third-order valence-electron chi connectivity index (χ3n) is 2.43. The Bertz CT molecular complexity index is 195. The average molecular weight is 264 g/mol. The summed E-state index contributed by atoms with van der Waals surface area (Å²) in [6.45, 7) is 6.22. The smallest absolute Gasteiger partial charge is 0.236 e. The van der Waals surface area contributed by atoms with Gasteiger partial charge in [-0.05, 0) is 26.7 Å². The molecule has 0 aliphatic carbocycles. The lowest BCUT2D eigenvalue weighted by Crippen LogP contribution is -2.45. The molecule has 82 valence electrons. The van der Waals surface area contributed by atoms with Crippen LogP contribution in [0.4, 0.5) is 0 Å². The second-order valence-electron chi connectivity index (χ2n) is 3.62. The molecule has 1 rings (SSSR count). The van der Waals surface area contributed by atoms with Crippen molar-refractivity contribution in [3.8, 4) is 0 Å². The van der Waals surface area contributed by atoms with Gasteiger partial charge in [-0.1, -0.05) is 15.9 Å². The minimum atomic E-state index is -0.0807. The Kier molecular flexibility index (Phi) is 4.89. The van der Waals surface area contributed by atoms with E-state index in [0.29, 0.717) is 0 Å². The average Bonchev–Trinajstić information content (AvgIpc) is 2.17. The fourth-order valence-corrected chi connectivity index (χ4v) is 2.05. The lowest BCUT2D eigenvalue weighted by molar-refractivity contribution is -0.134. The summed E-state index contributed by atoms with van der Waals surface area (Å²) in [5, 5.41) is 0. The predicted molar refractivity (Wildman–Crippen MR) is 59.6 cm³/mol. The summed E-state index contributed by atoms with van der Waals surface area (Å²) in [6.07, 6.45) is 2.37. The van der Waals surface area contributed by atoms with E-state index >= 15 is 0 Å². The van der Waals surface area contributed by atoms with Gasteiger partial charge in [0.2, 0.25) is 5.91 Å². The van der Waals surface area contributed by atoms with Crippen molar-refractivity contribution in [3.05, 3.63) is 0 Å². The van der Waals surface area contributed by atoms with Gasteiger partial charge < -0.3 is 9.64 Å². The van der Waals surface area contributed by atoms with E-state index in [9.17, 15) is 4.79 Å². The van der Waals surface area contributed by atoms with Crippen molar-refractivity contribution in [2.75, 3.05) is 19.7 Å². The summed E-state index contributed by atoms with van der Waals surface area (Å²) < 4.78 is 5.53. The quantitative estimate of drug-likeness (QED) is 0.727. The molecule has 0 aromatic heterocycles. The van der Waals surface area contributed by atoms with Crippen LogP contribution >= 0.6 is 15.9 Å². The molecule has 2 atom stereocenters. The standard InChI is InChI=1S/C10H18BrNO2/c1-3-14-9-5-4-6-12(7-9)10(13)8(2)11/h8-9H,3-7H2,1-2H3. The Morgan fingerprint density at radius 2 is 2.43 bits per heavy atom. The number of halogens is 1. The molecule has 0 radical (unpaired) electrons. The Morgan fingerprint density at radius 1 is 1.71 bits per heavy atom. The van der Waals surface area contributed by atoms with Gasteiger partial charge in [-0.15, -0.1) is 0 Å². The first kappa shape index (κ1) is 12.0. The number of hydrogen-bond acceptors (Lipinski definition) is 2. The van der Waals surface area contributed by atoms with Gasteiger partial charge in [0, 0.05) is 19.7 Å². The van der Waals surface area contributed by atoms with Crippen molar-refractivity contribution in [3.63, 3.8) is 0 Å². The van der Waals surface area contributed by atoms with Crippen LogP contribution < -0.4 is 0 Å². The highest BCUT2D eigenvalue weighted by Crippen LogP contribution is 2.15. The zero-order chi connectivity index (χ0) is 10.6. The fourth-order valence-electron chi connectivity index (χ4n) is 1.76. The Hall–Kier alpha value is -0.0900. The number of amides is 1. The third kappa shape index (κ3) is 3.24. The van der Waals surface area contributed by atoms with Gasteiger partial charge in [-0.25, -0.2) is 0 Å². The number of hydrogen-bond donors (Lipinski definition) is 0. The number of nitrogens with zero attached hydrogens (tertiary/aromatic N) is 1. The number of rotatable bonds is 3. The highest BCUT2D eigenvalue weighted by atomic mass is 79.9. The zero-order valence-electron chi connectivity index (χ0n) is 8.83. The molecule has 0 bridgehead atoms. The molecule has 0 N–H and O–H groups in total. The third-order valence-corrected chi connectivity index (χ3v) is 2.82. The van der Waals surface area contributed by atoms with E-state index in [2.05, 4.69) is 15.9 Å². The van der Waals surface area contributed by atoms with Gasteiger partial charge >= 0.3 is 0 Å². The first-order chi connectivity index (χ1) is 6.65. The van der Waals surface area contributed by atoms with Crippen molar-refractivity contribution < 1.29 is 9.53 Å². The fraction of sp³-hybridized carbons (Fsp3) is 0.900. The molecule has 1 aliphatic rings. The van der Waals surface area contributed by atoms with E-state index < -0.39 is 0 Å². The van der Waals surface area contributed by atoms with Crippen molar-refractivity contribution in [1.82, 2.24) is 4.90 Å². The maximum absolute atomic E-state index is 11.7. The molecule has 3 nitrogen and oxygen atoms in total. The molecule has 1 saturated heterocycles. The Labute approximate surface area is 93.9 Å². The van der Waals surface area contributed by atoms with Crippen LogP contribution in [0.5, 0.6) is 0 Å². The zero-order valence-corrected chi connectivity index (χ0v) is 10.4. The second kappa shape index (κ2) is 5.71. The van der Waals surface area contributed by atoms with E-state index in [4.69, 9.17) is 4.74 Å². The van der Waals surface area contributed by atoms with E-state index in [1.165, 1.54) is 0 Å². The van der Waals surface area contributed by atoms with Crippen molar-refractivity contribution in [2.45, 2.75) is 37.6 Å². The summed E-state index contributed by atoms with van der Waals surface area (Å²) in [7, 11) is 0. The summed E-state index contributed by atoms with van der Waals surface area (Å²) >= 11 is 3.30. The second-order valence-corrected chi connectivity index (χ2v) is 4.99. The Balaban J connectivity index is 2.43. The maximum Gasteiger partial charge on any atom is 0.236 e. The van der Waals surface area contributed by atoms with Crippen LogP contribution in [0.2, 0.25) is 0 Å². The maximum atomic E-state index is 11.7. The minimum Gasteiger partial charge on any atom is -0.377 e. The molecule has 1 fully saturated rings. The summed E-state index contributed by atoms with van der Waals surface area (Å²) in [5.74, 6) is 0.175. The highest BCUT2D eigenvalue weighted by molar-refractivity contribution is 9.10. The molecule has 2 unspecified atom stereocenters. The van der Waals surface area contributed by atoms with Crippen LogP contribution in [-0.2, 0) is 9.53 Å². The Morgan fingerprint density at radius 3 is 3.00 bits per heavy atom. The van der Waals surface area contributed by atoms with E-state index in [0.717, 1.165) is 32.5 Å². The van der Waals surface area contributed by atoms with Crippen LogP contribution in [0, 0.1) is 0 Å². The summed E-state index contributed by atoms with van der Waals surface area (Å²) in [6, 6.07) is 0. The van der Waals surface area contributed by atoms with Crippen molar-refractivity contribution in [2.24, 2.45) is 0 Å². The first-order valence-corrected chi connectivity index (χ1v) is 6.11. The molecule has 0 aromatic carbocycles. The number of ether oxygens (including phenoxy) is 1. The molecule has 14 heavy (non-hydrogen) atoms. The number of alkyl halides is 1. The molecule has 1 aliphatic heterocycles. The topological polar surface area (TPSA) is 29.5 Å². The van der Waals surface area contributed by atoms with Crippen LogP contribution in [0.25, 0.3) is 0 Å². The van der Waals surface area contributed by atoms with Crippen LogP contribution in [0.1, 0.15) is 26.7 Å². The van der Waals surface area contributed by atoms with E-state index in [1.54, 1.807) is 0 Å². The number of carbonyl (C=O) groups is 1. The van der Waals surface area contributed by atoms with Crippen LogP contribution in [0.15, 0.2) is 0 Å². The number of piperidine rings is 1. The number of likely N-dealkylation sites (tertiary alicyclic amines) is 1. The molecule has 0 spiro atoms. The predicted octanol–water partition coefficient (Wildman–Crippen LogP) is 1.80. The first-order valence-electron chi connectivity index (χ1n) is 5.19. The summed E-state index contributed by atoms with van der Waals surface area (Å²) in [5.41, 5.74) is 0. The largest absolute Gasteiger partial charge is 0.377 e. The number of carbonyl (C=O) groups excluding carboxylic acids is 1. The van der Waals surface area contributed by atoms with Gasteiger partial charge in [-0.2, -0.15) is 0 Å². The lowest BCUT2D eigenvalue weighted by Gasteiger charge is -2.33. The van der Waals surface area contributed by atoms with Gasteiger partial charge in [0.1, 0.15) is 0 Å². The molecule has 4 heteroatoms. The normalized spacial score (nSPS) is 24.8.